The molecule has 7 nitrogen and oxygen atoms in total. The van der Waals surface area contributed by atoms with Crippen LogP contribution in [0.4, 0.5) is 5.82 Å². The van der Waals surface area contributed by atoms with Crippen molar-refractivity contribution in [3.63, 3.8) is 0 Å². The second-order valence-electron chi connectivity index (χ2n) is 5.84. The Labute approximate surface area is 139 Å². The fourth-order valence-corrected chi connectivity index (χ4v) is 2.33. The molecule has 0 bridgehead atoms. The normalized spacial score (nSPS) is 11.1. The lowest BCUT2D eigenvalue weighted by molar-refractivity contribution is -0.116. The van der Waals surface area contributed by atoms with Crippen LogP contribution in [-0.2, 0) is 4.79 Å². The van der Waals surface area contributed by atoms with Gasteiger partial charge in [0.1, 0.15) is 11.6 Å². The van der Waals surface area contributed by atoms with Crippen molar-refractivity contribution in [2.45, 2.75) is 6.42 Å². The van der Waals surface area contributed by atoms with Crippen molar-refractivity contribution in [3.05, 3.63) is 36.5 Å². The van der Waals surface area contributed by atoms with Crippen LogP contribution in [0.5, 0.6) is 5.75 Å². The summed E-state index contributed by atoms with van der Waals surface area (Å²) in [5.41, 5.74) is 2.35. The van der Waals surface area contributed by atoms with E-state index in [2.05, 4.69) is 20.5 Å². The number of hydrogen-bond donors (Lipinski definition) is 3. The minimum absolute atomic E-state index is 0.0794. The van der Waals surface area contributed by atoms with E-state index in [0.29, 0.717) is 24.4 Å². The van der Waals surface area contributed by atoms with Gasteiger partial charge >= 0.3 is 0 Å². The van der Waals surface area contributed by atoms with Crippen molar-refractivity contribution in [2.24, 2.45) is 0 Å². The van der Waals surface area contributed by atoms with Crippen LogP contribution in [0, 0.1) is 0 Å². The minimum Gasteiger partial charge on any atom is -0.508 e. The molecule has 0 fully saturated rings. The first-order chi connectivity index (χ1) is 11.5. The molecule has 24 heavy (non-hydrogen) atoms. The molecule has 7 heteroatoms. The number of fused-ring (bicyclic) bond motifs is 1. The van der Waals surface area contributed by atoms with Gasteiger partial charge < -0.3 is 15.3 Å². The highest BCUT2D eigenvalue weighted by Crippen LogP contribution is 2.27. The van der Waals surface area contributed by atoms with Gasteiger partial charge in [-0.15, -0.1) is 0 Å². The number of carbonyl (C=O) groups excluding carboxylic acids is 1. The van der Waals surface area contributed by atoms with E-state index in [1.54, 1.807) is 18.3 Å². The zero-order valence-corrected chi connectivity index (χ0v) is 13.6. The van der Waals surface area contributed by atoms with E-state index in [4.69, 9.17) is 0 Å². The van der Waals surface area contributed by atoms with Crippen LogP contribution < -0.4 is 5.32 Å². The topological polar surface area (TPSA) is 94.1 Å². The lowest BCUT2D eigenvalue weighted by atomic mass is 10.1. The summed E-state index contributed by atoms with van der Waals surface area (Å²) in [5, 5.41) is 19.9. The number of nitrogens with zero attached hydrogens (tertiary/aromatic N) is 3. The quantitative estimate of drug-likeness (QED) is 0.669. The largest absolute Gasteiger partial charge is 0.508 e. The summed E-state index contributed by atoms with van der Waals surface area (Å²) in [4.78, 5) is 18.3. The second-order valence-corrected chi connectivity index (χ2v) is 5.84. The molecule has 0 spiro atoms. The summed E-state index contributed by atoms with van der Waals surface area (Å²) < 4.78 is 0. The molecule has 0 saturated carbocycles. The summed E-state index contributed by atoms with van der Waals surface area (Å²) in [6.07, 6.45) is 2.12. The maximum Gasteiger partial charge on any atom is 0.226 e. The Balaban J connectivity index is 1.86. The SMILES string of the molecule is CN(C)CCC(=O)Nc1[nH]nc2ncc(-c3ccc(O)cc3)cc12. The van der Waals surface area contributed by atoms with Crippen molar-refractivity contribution in [1.82, 2.24) is 20.1 Å². The van der Waals surface area contributed by atoms with Crippen molar-refractivity contribution in [2.75, 3.05) is 26.0 Å². The standard InChI is InChI=1S/C17H19N5O2/c1-22(2)8-7-15(24)19-17-14-9-12(10-18-16(14)20-21-17)11-3-5-13(23)6-4-11/h3-6,9-10,23H,7-8H2,1-2H3,(H2,18,19,20,21,24). The number of pyridine rings is 1. The van der Waals surface area contributed by atoms with Gasteiger partial charge in [-0.2, -0.15) is 5.10 Å². The van der Waals surface area contributed by atoms with Crippen molar-refractivity contribution in [3.8, 4) is 16.9 Å². The molecule has 0 aliphatic heterocycles. The monoisotopic (exact) mass is 325 g/mol. The molecule has 0 radical (unpaired) electrons. The van der Waals surface area contributed by atoms with E-state index >= 15 is 0 Å². The lowest BCUT2D eigenvalue weighted by Crippen LogP contribution is -2.21. The maximum atomic E-state index is 12.0. The van der Waals surface area contributed by atoms with Gasteiger partial charge in [-0.25, -0.2) is 4.98 Å². The highest BCUT2D eigenvalue weighted by atomic mass is 16.3. The molecule has 2 heterocycles. The molecule has 1 aromatic carbocycles. The molecule has 0 saturated heterocycles. The van der Waals surface area contributed by atoms with Crippen LogP contribution >= 0.6 is 0 Å². The van der Waals surface area contributed by atoms with E-state index in [-0.39, 0.29) is 11.7 Å². The Morgan fingerprint density at radius 2 is 2.00 bits per heavy atom. The van der Waals surface area contributed by atoms with Crippen LogP contribution in [0.2, 0.25) is 0 Å². The third-order valence-electron chi connectivity index (χ3n) is 3.66. The minimum atomic E-state index is -0.0794. The Bertz CT molecular complexity index is 855. The van der Waals surface area contributed by atoms with Gasteiger partial charge in [0, 0.05) is 24.7 Å². The van der Waals surface area contributed by atoms with Gasteiger partial charge in [0.15, 0.2) is 5.65 Å². The number of H-pyrrole nitrogens is 1. The van der Waals surface area contributed by atoms with E-state index < -0.39 is 0 Å². The van der Waals surface area contributed by atoms with E-state index in [0.717, 1.165) is 16.5 Å². The smallest absolute Gasteiger partial charge is 0.226 e. The van der Waals surface area contributed by atoms with E-state index in [9.17, 15) is 9.90 Å². The van der Waals surface area contributed by atoms with Gasteiger partial charge in [0.25, 0.3) is 0 Å². The van der Waals surface area contributed by atoms with Crippen molar-refractivity contribution < 1.29 is 9.90 Å². The number of carbonyl (C=O) groups is 1. The van der Waals surface area contributed by atoms with Crippen LogP contribution in [0.3, 0.4) is 0 Å². The lowest BCUT2D eigenvalue weighted by Gasteiger charge is -2.09. The number of amides is 1. The predicted octanol–water partition coefficient (Wildman–Crippen LogP) is 2.22. The van der Waals surface area contributed by atoms with E-state index in [1.807, 2.05) is 37.2 Å². The Morgan fingerprint density at radius 1 is 1.25 bits per heavy atom. The molecule has 0 aliphatic carbocycles. The molecular formula is C17H19N5O2. The first-order valence-corrected chi connectivity index (χ1v) is 7.61. The zero-order valence-electron chi connectivity index (χ0n) is 13.6. The number of anilines is 1. The van der Waals surface area contributed by atoms with Crippen LogP contribution in [0.1, 0.15) is 6.42 Å². The van der Waals surface area contributed by atoms with Gasteiger partial charge in [-0.1, -0.05) is 12.1 Å². The molecule has 3 rings (SSSR count). The maximum absolute atomic E-state index is 12.0. The molecule has 124 valence electrons. The summed E-state index contributed by atoms with van der Waals surface area (Å²) in [5.74, 6) is 0.677. The third-order valence-corrected chi connectivity index (χ3v) is 3.66. The zero-order chi connectivity index (χ0) is 17.1. The van der Waals surface area contributed by atoms with Gasteiger partial charge in [0.2, 0.25) is 5.91 Å². The summed E-state index contributed by atoms with van der Waals surface area (Å²) in [6, 6.07) is 8.79. The molecule has 0 aliphatic rings. The second kappa shape index (κ2) is 6.67. The Hall–Kier alpha value is -2.93. The number of aromatic amines is 1. The average molecular weight is 325 g/mol. The molecule has 3 N–H and O–H groups in total. The highest BCUT2D eigenvalue weighted by Gasteiger charge is 2.11. The molecule has 1 amide bonds. The average Bonchev–Trinajstić information content (AvgIpc) is 2.96. The van der Waals surface area contributed by atoms with Gasteiger partial charge in [-0.05, 0) is 37.9 Å². The number of hydrogen-bond acceptors (Lipinski definition) is 5. The Morgan fingerprint density at radius 3 is 2.71 bits per heavy atom. The molecule has 0 atom stereocenters. The molecule has 0 unspecified atom stereocenters. The number of nitrogens with one attached hydrogen (secondary N) is 2. The molecular weight excluding hydrogens is 306 g/mol. The van der Waals surface area contributed by atoms with Gasteiger partial charge in [-0.3, -0.25) is 9.89 Å². The third kappa shape index (κ3) is 3.52. The first-order valence-electron chi connectivity index (χ1n) is 7.61. The summed E-state index contributed by atoms with van der Waals surface area (Å²) >= 11 is 0. The Kier molecular flexibility index (Phi) is 4.43. The number of aromatic nitrogens is 3. The highest BCUT2D eigenvalue weighted by molar-refractivity contribution is 5.99. The predicted molar refractivity (Wildman–Crippen MR) is 92.8 cm³/mol. The fraction of sp³-hybridized carbons (Fsp3) is 0.235. The number of phenolic OH excluding ortho intramolecular Hbond substituents is 1. The molecule has 3 aromatic rings. The van der Waals surface area contributed by atoms with E-state index in [1.165, 1.54) is 0 Å². The summed E-state index contributed by atoms with van der Waals surface area (Å²) in [7, 11) is 3.85. The number of rotatable bonds is 5. The fourth-order valence-electron chi connectivity index (χ4n) is 2.33. The van der Waals surface area contributed by atoms with Gasteiger partial charge in [0.05, 0.1) is 5.39 Å². The summed E-state index contributed by atoms with van der Waals surface area (Å²) in [6.45, 7) is 0.676. The first kappa shape index (κ1) is 15.9. The number of aromatic hydroxyl groups is 1. The van der Waals surface area contributed by atoms with Crippen molar-refractivity contribution >= 4 is 22.8 Å². The number of phenols is 1. The van der Waals surface area contributed by atoms with Crippen molar-refractivity contribution in [1.29, 1.82) is 0 Å². The number of benzene rings is 1. The molecule has 2 aromatic heterocycles. The van der Waals surface area contributed by atoms with Crippen LogP contribution in [-0.4, -0.2) is 51.7 Å². The van der Waals surface area contributed by atoms with Crippen LogP contribution in [0.25, 0.3) is 22.2 Å². The van der Waals surface area contributed by atoms with Crippen LogP contribution in [0.15, 0.2) is 36.5 Å².